The van der Waals surface area contributed by atoms with Crippen molar-refractivity contribution in [2.45, 2.75) is 6.82 Å². The first kappa shape index (κ1) is 15.4. The molecule has 0 radical (unpaired) electrons. The average molecular weight is 380 g/mol. The second-order valence-electron chi connectivity index (χ2n) is 9.02. The zero-order valence-corrected chi connectivity index (χ0v) is 17.0. The Morgan fingerprint density at radius 2 is 1.07 bits per heavy atom. The standard InChI is InChI=1S/C26H18B2N2/c1-27-19-11-3-9-17-15-7-5-13-21-23(15)28-24-16(8-6-14-22(24)29(21)2)18-10-4-12-20(27)26(18)30(28)25(17)19/h3-14H,1-2H3. The predicted octanol–water partition coefficient (Wildman–Crippen LogP) is 3.22. The number of hydrogen-bond donors (Lipinski definition) is 0. The minimum atomic E-state index is 0.244. The molecule has 0 aliphatic carbocycles. The fourth-order valence-corrected chi connectivity index (χ4v) is 6.60. The Bertz CT molecular complexity index is 1240. The van der Waals surface area contributed by atoms with Gasteiger partial charge in [-0.1, -0.05) is 78.4 Å². The fourth-order valence-electron chi connectivity index (χ4n) is 6.60. The van der Waals surface area contributed by atoms with Gasteiger partial charge in [0.25, 0.3) is 0 Å². The molecule has 8 rings (SSSR count). The van der Waals surface area contributed by atoms with Gasteiger partial charge in [0, 0.05) is 40.9 Å². The summed E-state index contributed by atoms with van der Waals surface area (Å²) in [5, 5.41) is 0. The van der Waals surface area contributed by atoms with Gasteiger partial charge in [-0.05, 0) is 34.2 Å². The van der Waals surface area contributed by atoms with E-state index in [1.54, 1.807) is 0 Å². The average Bonchev–Trinajstić information content (AvgIpc) is 2.80. The number of anilines is 4. The van der Waals surface area contributed by atoms with Crippen molar-refractivity contribution in [3.63, 3.8) is 0 Å². The van der Waals surface area contributed by atoms with Gasteiger partial charge in [0.2, 0.25) is 6.71 Å². The first-order chi connectivity index (χ1) is 14.8. The largest absolute Gasteiger partial charge is 0.377 e. The molecule has 0 saturated heterocycles. The molecule has 4 heterocycles. The number of rotatable bonds is 0. The Balaban J connectivity index is 1.66. The van der Waals surface area contributed by atoms with Crippen LogP contribution < -0.4 is 31.6 Å². The summed E-state index contributed by atoms with van der Waals surface area (Å²) in [6, 6.07) is 27.5. The summed E-state index contributed by atoms with van der Waals surface area (Å²) in [5.41, 5.74) is 16.9. The van der Waals surface area contributed by atoms with E-state index in [0.29, 0.717) is 6.71 Å². The lowest BCUT2D eigenvalue weighted by Gasteiger charge is -2.51. The molecule has 4 heteroatoms. The highest BCUT2D eigenvalue weighted by Gasteiger charge is 2.51. The molecule has 0 atom stereocenters. The quantitative estimate of drug-likeness (QED) is 0.433. The lowest BCUT2D eigenvalue weighted by molar-refractivity contribution is 1.20. The molecule has 0 fully saturated rings. The molecule has 0 spiro atoms. The zero-order valence-electron chi connectivity index (χ0n) is 17.0. The molecule has 0 N–H and O–H groups in total. The molecule has 0 amide bonds. The highest BCUT2D eigenvalue weighted by atomic mass is 15.2. The van der Waals surface area contributed by atoms with Crippen molar-refractivity contribution in [3.8, 4) is 22.3 Å². The Morgan fingerprint density at radius 3 is 1.60 bits per heavy atom. The van der Waals surface area contributed by atoms with Gasteiger partial charge in [-0.2, -0.15) is 0 Å². The number of para-hydroxylation sites is 2. The summed E-state index contributed by atoms with van der Waals surface area (Å²) in [7, 11) is 2.22. The second-order valence-corrected chi connectivity index (χ2v) is 9.02. The highest BCUT2D eigenvalue weighted by Crippen LogP contribution is 2.49. The van der Waals surface area contributed by atoms with E-state index in [9.17, 15) is 0 Å². The third-order valence-electron chi connectivity index (χ3n) is 7.82. The van der Waals surface area contributed by atoms with Crippen molar-refractivity contribution in [2.24, 2.45) is 0 Å². The number of hydrogen-bond acceptors (Lipinski definition) is 2. The van der Waals surface area contributed by atoms with Crippen LogP contribution >= 0.6 is 0 Å². The Hall–Kier alpha value is -3.39. The molecule has 30 heavy (non-hydrogen) atoms. The van der Waals surface area contributed by atoms with E-state index in [1.165, 1.54) is 66.9 Å². The third kappa shape index (κ3) is 1.47. The van der Waals surface area contributed by atoms with Crippen molar-refractivity contribution in [1.29, 1.82) is 0 Å². The molecular weight excluding hydrogens is 362 g/mol. The van der Waals surface area contributed by atoms with E-state index in [2.05, 4.69) is 96.4 Å². The summed E-state index contributed by atoms with van der Waals surface area (Å²) < 4.78 is 0. The van der Waals surface area contributed by atoms with Crippen molar-refractivity contribution in [1.82, 2.24) is 0 Å². The summed E-state index contributed by atoms with van der Waals surface area (Å²) >= 11 is 0. The molecule has 0 unspecified atom stereocenters. The third-order valence-corrected chi connectivity index (χ3v) is 7.82. The van der Waals surface area contributed by atoms with E-state index in [0.717, 1.165) is 0 Å². The maximum atomic E-state index is 2.68. The van der Waals surface area contributed by atoms with Gasteiger partial charge in [-0.3, -0.25) is 0 Å². The normalized spacial score (nSPS) is 15.4. The van der Waals surface area contributed by atoms with Crippen LogP contribution in [0.5, 0.6) is 0 Å². The van der Waals surface area contributed by atoms with E-state index in [1.807, 2.05) is 0 Å². The SMILES string of the molecule is CB1c2cccc3c2N2B4c5c-3cccc5N(C)c3cccc(c34)-c3cccc1c32. The van der Waals surface area contributed by atoms with Gasteiger partial charge in [0.05, 0.1) is 0 Å². The Labute approximate surface area is 176 Å². The van der Waals surface area contributed by atoms with Gasteiger partial charge >= 0.3 is 6.85 Å². The van der Waals surface area contributed by atoms with E-state index in [-0.39, 0.29) is 6.85 Å². The van der Waals surface area contributed by atoms with Crippen LogP contribution in [0.25, 0.3) is 22.3 Å². The number of fused-ring (bicyclic) bond motifs is 2. The molecule has 4 aliphatic heterocycles. The first-order valence-corrected chi connectivity index (χ1v) is 10.8. The van der Waals surface area contributed by atoms with Crippen LogP contribution in [0.4, 0.5) is 22.7 Å². The Morgan fingerprint density at radius 1 is 0.600 bits per heavy atom. The Kier molecular flexibility index (Phi) is 2.49. The molecule has 0 saturated carbocycles. The van der Waals surface area contributed by atoms with Crippen LogP contribution in [0, 0.1) is 0 Å². The summed E-state index contributed by atoms with van der Waals surface area (Å²) in [4.78, 5) is 5.07. The molecule has 4 aromatic rings. The van der Waals surface area contributed by atoms with E-state index < -0.39 is 0 Å². The smallest absolute Gasteiger partial charge is 0.333 e. The van der Waals surface area contributed by atoms with Crippen molar-refractivity contribution in [2.75, 3.05) is 16.8 Å². The van der Waals surface area contributed by atoms with Crippen molar-refractivity contribution in [3.05, 3.63) is 72.8 Å². The van der Waals surface area contributed by atoms with E-state index in [4.69, 9.17) is 0 Å². The molecular formula is C26H18B2N2. The first-order valence-electron chi connectivity index (χ1n) is 10.8. The molecule has 0 aromatic heterocycles. The van der Waals surface area contributed by atoms with Crippen LogP contribution in [0.2, 0.25) is 6.82 Å². The van der Waals surface area contributed by atoms with E-state index >= 15 is 0 Å². The zero-order chi connectivity index (χ0) is 19.7. The second kappa shape index (κ2) is 4.84. The number of benzene rings is 4. The monoisotopic (exact) mass is 380 g/mol. The molecule has 4 aromatic carbocycles. The number of nitrogens with zero attached hydrogens (tertiary/aromatic N) is 2. The van der Waals surface area contributed by atoms with Crippen LogP contribution in [0.3, 0.4) is 0 Å². The fraction of sp³-hybridized carbons (Fsp3) is 0.0769. The maximum absolute atomic E-state index is 2.68. The van der Waals surface area contributed by atoms with Gasteiger partial charge in [0.15, 0.2) is 0 Å². The summed E-state index contributed by atoms with van der Waals surface area (Å²) in [6.45, 7) is 3.01. The maximum Gasteiger partial charge on any atom is 0.333 e. The molecule has 4 aliphatic rings. The van der Waals surface area contributed by atoms with Crippen LogP contribution in [0.1, 0.15) is 0 Å². The molecule has 0 bridgehead atoms. The minimum Gasteiger partial charge on any atom is -0.377 e. The summed E-state index contributed by atoms with van der Waals surface area (Å²) in [5.74, 6) is 0. The van der Waals surface area contributed by atoms with Crippen LogP contribution in [-0.4, -0.2) is 20.6 Å². The van der Waals surface area contributed by atoms with Gasteiger partial charge < -0.3 is 9.71 Å². The molecule has 138 valence electrons. The van der Waals surface area contributed by atoms with Gasteiger partial charge in [-0.25, -0.2) is 0 Å². The van der Waals surface area contributed by atoms with Crippen molar-refractivity contribution >= 4 is 58.2 Å². The summed E-state index contributed by atoms with van der Waals surface area (Å²) in [6.07, 6.45) is 0. The lowest BCUT2D eigenvalue weighted by atomic mass is 9.34. The minimum absolute atomic E-state index is 0.244. The predicted molar refractivity (Wildman–Crippen MR) is 130 cm³/mol. The topological polar surface area (TPSA) is 6.48 Å². The van der Waals surface area contributed by atoms with Crippen LogP contribution in [0.15, 0.2) is 72.8 Å². The van der Waals surface area contributed by atoms with Gasteiger partial charge in [-0.15, -0.1) is 0 Å². The highest BCUT2D eigenvalue weighted by molar-refractivity contribution is 6.98. The lowest BCUT2D eigenvalue weighted by Crippen LogP contribution is -2.68. The molecule has 2 nitrogen and oxygen atoms in total. The van der Waals surface area contributed by atoms with Crippen molar-refractivity contribution < 1.29 is 0 Å². The van der Waals surface area contributed by atoms with Crippen LogP contribution in [-0.2, 0) is 0 Å². The van der Waals surface area contributed by atoms with Gasteiger partial charge in [0.1, 0.15) is 0 Å².